The van der Waals surface area contributed by atoms with E-state index in [-0.39, 0.29) is 167 Å². The summed E-state index contributed by atoms with van der Waals surface area (Å²) in [5, 5.41) is 4.44. The molecular weight excluding hydrogens is 1630 g/mol. The molecule has 1 aliphatic rings. The van der Waals surface area contributed by atoms with Crippen LogP contribution in [0.4, 0.5) is 28.4 Å². The first-order valence-corrected chi connectivity index (χ1v) is 43.6. The topological polar surface area (TPSA) is 425 Å². The summed E-state index contributed by atoms with van der Waals surface area (Å²) in [5.74, 6) is -0.688. The third-order valence-corrected chi connectivity index (χ3v) is 20.0. The number of aryl methyl sites for hydroxylation is 5. The van der Waals surface area contributed by atoms with Crippen molar-refractivity contribution in [1.29, 1.82) is 0 Å². The van der Waals surface area contributed by atoms with E-state index in [9.17, 15) is 57.5 Å². The Morgan fingerprint density at radius 2 is 0.786 bits per heavy atom. The van der Waals surface area contributed by atoms with Gasteiger partial charge in [0.05, 0.1) is 64.7 Å². The van der Waals surface area contributed by atoms with Gasteiger partial charge in [-0.15, -0.1) is 0 Å². The number of benzene rings is 6. The SMILES string of the molecule is CCN(OCc1cccnc1)C(=O)CCC(=O)CCc1ccc(N)cc1.CCOC(=O)CCC(=O)CCc1ccc(N)c(OC)c1.CCOC(=O)CCCON(CC)C(=O)CCC(=O)CCc1ccc(N)cc1.CCOC(=O)CCON(CC)C(=O)CCC(=O)CCc1ccc(N)cc1.Nc1ccc(CCC(=O)CCC(=O)N2CCCC2c2ccccc2Cl)cc1. The van der Waals surface area contributed by atoms with Gasteiger partial charge in [-0.05, 0) is 205 Å². The lowest BCUT2D eigenvalue weighted by Crippen LogP contribution is -2.32. The Balaban J connectivity index is 0.000000331. The van der Waals surface area contributed by atoms with E-state index in [1.165, 1.54) is 15.2 Å². The second kappa shape index (κ2) is 62.2. The molecule has 4 amide bonds. The van der Waals surface area contributed by atoms with Gasteiger partial charge >= 0.3 is 17.9 Å². The second-order valence-electron chi connectivity index (χ2n) is 29.3. The van der Waals surface area contributed by atoms with Gasteiger partial charge in [-0.25, -0.2) is 15.2 Å². The van der Waals surface area contributed by atoms with Gasteiger partial charge in [-0.3, -0.25) is 77.0 Å². The van der Waals surface area contributed by atoms with E-state index in [4.69, 9.17) is 73.7 Å². The molecule has 126 heavy (non-hydrogen) atoms. The number of Topliss-reactive ketones (excluding diaryl/α,β-unsaturated/α-hetero) is 5. The van der Waals surface area contributed by atoms with Gasteiger partial charge in [0, 0.05) is 163 Å². The predicted octanol–water partition coefficient (Wildman–Crippen LogP) is 14.6. The van der Waals surface area contributed by atoms with Crippen LogP contribution in [-0.2, 0) is 125 Å². The first-order chi connectivity index (χ1) is 60.6. The number of carbonyl (C=O) groups is 12. The Labute approximate surface area is 746 Å². The van der Waals surface area contributed by atoms with E-state index >= 15 is 0 Å². The third-order valence-electron chi connectivity index (χ3n) is 19.6. The Morgan fingerprint density at radius 3 is 1.19 bits per heavy atom. The number of nitrogens with two attached hydrogens (primary N) is 5. The van der Waals surface area contributed by atoms with Crippen molar-refractivity contribution in [2.45, 2.75) is 215 Å². The highest BCUT2D eigenvalue weighted by molar-refractivity contribution is 6.31. The molecule has 10 N–H and O–H groups in total. The summed E-state index contributed by atoms with van der Waals surface area (Å²) in [6.07, 6.45) is 13.2. The smallest absolute Gasteiger partial charge is 0.308 e. The van der Waals surface area contributed by atoms with Gasteiger partial charge < -0.3 is 52.5 Å². The van der Waals surface area contributed by atoms with E-state index in [0.717, 1.165) is 64.0 Å². The summed E-state index contributed by atoms with van der Waals surface area (Å²) >= 11 is 6.31. The number of hydrogen-bond donors (Lipinski definition) is 5. The fourth-order valence-corrected chi connectivity index (χ4v) is 12.8. The average Bonchev–Trinajstić information content (AvgIpc) is 1.66. The van der Waals surface area contributed by atoms with Crippen molar-refractivity contribution in [1.82, 2.24) is 25.1 Å². The molecule has 1 unspecified atom stereocenters. The molecule has 29 nitrogen and oxygen atoms in total. The number of ketones is 5. The number of esters is 3. The number of aromatic nitrogens is 1. The van der Waals surface area contributed by atoms with Crippen molar-refractivity contribution in [3.63, 3.8) is 0 Å². The Morgan fingerprint density at radius 1 is 0.405 bits per heavy atom. The summed E-state index contributed by atoms with van der Waals surface area (Å²) in [6.45, 7) is 14.1. The molecule has 1 aromatic heterocycles. The summed E-state index contributed by atoms with van der Waals surface area (Å²) in [4.78, 5) is 165. The molecule has 1 fully saturated rings. The standard InChI is InChI=1S/C22H25ClN2O2.C20H25N3O3.C20H30N2O5.C19H28N2O5.C15H21NO4/c23-20-5-2-1-4-19(20)21-6-3-15-25(21)22(27)14-13-18(26)12-9-16-7-10-17(24)11-8-16;1-2-23(26-15-17-4-3-13-22-14-17)20(25)12-11-19(24)10-7-16-5-8-18(21)9-6-16;1-3-22(27-15-5-6-20(25)26-4-2)19(24)14-13-18(23)12-9-16-7-10-17(21)11-8-16;1-3-21(26-14-13-19(24)25-4-2)18(23)12-11-17(22)10-7-15-5-8-16(20)9-6-15;1-3-20-15(18)9-7-12(17)6-4-11-5-8-13(16)14(10-11)19-2/h1-2,4-5,7-8,10-11,21H,3,6,9,12-15,24H2;3-6,8-9,13-14H,2,7,10-12,15,21H2,1H3;7-8,10-11H,3-6,9,12-15,21H2,1-2H3;5-6,8-9H,3-4,7,10-14,20H2,1-2H3;5,8,10H,3-4,6-7,9,16H2,1-2H3. The maximum Gasteiger partial charge on any atom is 0.308 e. The zero-order valence-electron chi connectivity index (χ0n) is 74.2. The Hall–Kier alpha value is -11.9. The highest BCUT2D eigenvalue weighted by Gasteiger charge is 2.31. The second-order valence-corrected chi connectivity index (χ2v) is 29.7. The van der Waals surface area contributed by atoms with Crippen molar-refractivity contribution in [3.05, 3.63) is 208 Å². The molecule has 0 spiro atoms. The van der Waals surface area contributed by atoms with Crippen molar-refractivity contribution in [3.8, 4) is 5.75 Å². The molecule has 30 heteroatoms. The summed E-state index contributed by atoms with van der Waals surface area (Å²) in [5.41, 5.74) is 38.8. The van der Waals surface area contributed by atoms with Crippen LogP contribution in [-0.4, -0.2) is 162 Å². The Kier molecular flexibility index (Phi) is 52.6. The van der Waals surface area contributed by atoms with Gasteiger partial charge in [0.1, 0.15) is 41.3 Å². The number of anilines is 5. The normalized spacial score (nSPS) is 11.7. The number of likely N-dealkylation sites (tertiary alicyclic amines) is 1. The molecule has 6 aromatic carbocycles. The number of nitrogens with zero attached hydrogens (tertiary/aromatic N) is 5. The molecule has 0 saturated carbocycles. The van der Waals surface area contributed by atoms with Crippen LogP contribution in [0.5, 0.6) is 5.75 Å². The third kappa shape index (κ3) is 45.1. The van der Waals surface area contributed by atoms with Crippen LogP contribution in [0, 0.1) is 0 Å². The summed E-state index contributed by atoms with van der Waals surface area (Å²) in [6, 6.07) is 46.7. The van der Waals surface area contributed by atoms with Crippen molar-refractivity contribution in [2.24, 2.45) is 0 Å². The van der Waals surface area contributed by atoms with E-state index in [1.54, 1.807) is 72.3 Å². The molecule has 2 heterocycles. The van der Waals surface area contributed by atoms with Gasteiger partial charge in [0.2, 0.25) is 23.6 Å². The number of ether oxygens (including phenoxy) is 4. The highest BCUT2D eigenvalue weighted by Crippen LogP contribution is 2.36. The summed E-state index contributed by atoms with van der Waals surface area (Å²) < 4.78 is 19.5. The molecular formula is C96H129ClN10O19. The minimum Gasteiger partial charge on any atom is -0.495 e. The van der Waals surface area contributed by atoms with Crippen LogP contribution < -0.4 is 33.4 Å². The van der Waals surface area contributed by atoms with E-state index < -0.39 is 0 Å². The number of hydroxylamine groups is 6. The molecule has 0 bridgehead atoms. The van der Waals surface area contributed by atoms with E-state index in [0.29, 0.717) is 150 Å². The summed E-state index contributed by atoms with van der Waals surface area (Å²) in [7, 11) is 1.56. The van der Waals surface area contributed by atoms with E-state index in [2.05, 4.69) is 4.98 Å². The van der Waals surface area contributed by atoms with Crippen molar-refractivity contribution in [2.75, 3.05) is 95.0 Å². The fraction of sp³-hybridized carbons (Fsp3) is 0.448. The lowest BCUT2D eigenvalue weighted by atomic mass is 10.0. The number of hydrogen-bond acceptors (Lipinski definition) is 25. The van der Waals surface area contributed by atoms with Gasteiger partial charge in [0.25, 0.3) is 0 Å². The quantitative estimate of drug-likeness (QED) is 0.00777. The van der Waals surface area contributed by atoms with Crippen LogP contribution >= 0.6 is 11.6 Å². The minimum atomic E-state index is -0.367. The number of halogens is 1. The number of rotatable bonds is 50. The predicted molar refractivity (Wildman–Crippen MR) is 486 cm³/mol. The zero-order valence-corrected chi connectivity index (χ0v) is 74.9. The molecule has 1 aliphatic heterocycles. The Bertz CT molecular complexity index is 4470. The zero-order chi connectivity index (χ0) is 92.4. The molecule has 1 atom stereocenters. The number of nitrogen functional groups attached to an aromatic ring is 5. The fourth-order valence-electron chi connectivity index (χ4n) is 12.6. The molecule has 1 saturated heterocycles. The number of carbonyl (C=O) groups excluding carboxylic acids is 12. The van der Waals surface area contributed by atoms with Crippen LogP contribution in [0.2, 0.25) is 5.02 Å². The molecule has 7 aromatic rings. The molecule has 0 aliphatic carbocycles. The van der Waals surface area contributed by atoms with Crippen molar-refractivity contribution >= 4 is 110 Å². The monoisotopic (exact) mass is 1760 g/mol. The molecule has 0 radical (unpaired) electrons. The number of amides is 4. The first-order valence-electron chi connectivity index (χ1n) is 43.2. The maximum absolute atomic E-state index is 12.7. The van der Waals surface area contributed by atoms with Gasteiger partial charge in [-0.1, -0.05) is 90.5 Å². The number of pyridine rings is 1. The van der Waals surface area contributed by atoms with Gasteiger partial charge in [0.15, 0.2) is 0 Å². The number of methoxy groups -OCH3 is 1. The van der Waals surface area contributed by atoms with Crippen LogP contribution in [0.15, 0.2) is 164 Å². The molecule has 684 valence electrons. The maximum atomic E-state index is 12.7. The van der Waals surface area contributed by atoms with Crippen molar-refractivity contribution < 1.29 is 91.0 Å². The minimum absolute atomic E-state index is 0.0241. The van der Waals surface area contributed by atoms with Crippen LogP contribution in [0.25, 0.3) is 0 Å². The molecule has 8 rings (SSSR count). The van der Waals surface area contributed by atoms with Gasteiger partial charge in [-0.2, -0.15) is 0 Å². The highest BCUT2D eigenvalue weighted by atomic mass is 35.5. The first kappa shape index (κ1) is 106. The lowest BCUT2D eigenvalue weighted by Gasteiger charge is -2.25. The average molecular weight is 1760 g/mol. The van der Waals surface area contributed by atoms with E-state index in [1.807, 2.05) is 145 Å². The van der Waals surface area contributed by atoms with Crippen LogP contribution in [0.3, 0.4) is 0 Å². The lowest BCUT2D eigenvalue weighted by molar-refractivity contribution is -0.190. The van der Waals surface area contributed by atoms with Crippen LogP contribution in [0.1, 0.15) is 215 Å². The largest absolute Gasteiger partial charge is 0.495 e.